The molecule has 1 N–H and O–H groups in total. The molecule has 1 unspecified atom stereocenters. The maximum absolute atomic E-state index is 4.58. The quantitative estimate of drug-likeness (QED) is 0.843. The van der Waals surface area contributed by atoms with Gasteiger partial charge in [-0.2, -0.15) is 5.10 Å². The van der Waals surface area contributed by atoms with Crippen LogP contribution < -0.4 is 5.32 Å². The van der Waals surface area contributed by atoms with Gasteiger partial charge in [-0.25, -0.2) is 0 Å². The smallest absolute Gasteiger partial charge is 0.104 e. The summed E-state index contributed by atoms with van der Waals surface area (Å²) in [5.41, 5.74) is 1.44. The highest BCUT2D eigenvalue weighted by Crippen LogP contribution is 2.28. The van der Waals surface area contributed by atoms with Crippen molar-refractivity contribution in [3.05, 3.63) is 18.0 Å². The van der Waals surface area contributed by atoms with Crippen LogP contribution in [0.5, 0.6) is 0 Å². The van der Waals surface area contributed by atoms with Gasteiger partial charge in [0.1, 0.15) is 6.17 Å². The zero-order valence-electron chi connectivity index (χ0n) is 10.6. The number of hydrogen-bond donors (Lipinski definition) is 1. The SMILES string of the molecule is CN1CCCC1n1cc(C2CCNCC2)cn1. The van der Waals surface area contributed by atoms with E-state index < -0.39 is 0 Å². The number of rotatable bonds is 2. The zero-order chi connectivity index (χ0) is 11.7. The predicted molar refractivity (Wildman–Crippen MR) is 68.0 cm³/mol. The fourth-order valence-corrected chi connectivity index (χ4v) is 3.11. The Morgan fingerprint density at radius 1 is 1.29 bits per heavy atom. The third-order valence-electron chi connectivity index (χ3n) is 4.22. The lowest BCUT2D eigenvalue weighted by Crippen LogP contribution is -2.26. The summed E-state index contributed by atoms with van der Waals surface area (Å²) < 4.78 is 2.17. The molecular formula is C13H22N4. The van der Waals surface area contributed by atoms with Crippen molar-refractivity contribution in [3.8, 4) is 0 Å². The van der Waals surface area contributed by atoms with Gasteiger partial charge in [-0.05, 0) is 63.8 Å². The summed E-state index contributed by atoms with van der Waals surface area (Å²) in [6.45, 7) is 3.51. The average molecular weight is 234 g/mol. The number of piperidine rings is 1. The van der Waals surface area contributed by atoms with E-state index in [1.165, 1.54) is 37.8 Å². The van der Waals surface area contributed by atoms with Crippen molar-refractivity contribution >= 4 is 0 Å². The van der Waals surface area contributed by atoms with E-state index in [1.807, 2.05) is 0 Å². The topological polar surface area (TPSA) is 33.1 Å². The minimum Gasteiger partial charge on any atom is -0.317 e. The van der Waals surface area contributed by atoms with E-state index in [4.69, 9.17) is 0 Å². The molecule has 17 heavy (non-hydrogen) atoms. The molecule has 1 aromatic heterocycles. The van der Waals surface area contributed by atoms with Crippen molar-refractivity contribution in [1.82, 2.24) is 20.0 Å². The van der Waals surface area contributed by atoms with Crippen molar-refractivity contribution in [3.63, 3.8) is 0 Å². The Bertz CT molecular complexity index is 367. The van der Waals surface area contributed by atoms with Crippen molar-refractivity contribution in [2.24, 2.45) is 0 Å². The maximum atomic E-state index is 4.58. The van der Waals surface area contributed by atoms with E-state index in [9.17, 15) is 0 Å². The van der Waals surface area contributed by atoms with Crippen molar-refractivity contribution < 1.29 is 0 Å². The van der Waals surface area contributed by atoms with Gasteiger partial charge in [0.25, 0.3) is 0 Å². The van der Waals surface area contributed by atoms with E-state index in [2.05, 4.69) is 39.4 Å². The van der Waals surface area contributed by atoms with Crippen molar-refractivity contribution in [2.45, 2.75) is 37.8 Å². The molecule has 4 heteroatoms. The third-order valence-corrected chi connectivity index (χ3v) is 4.22. The molecule has 0 bridgehead atoms. The first-order valence-electron chi connectivity index (χ1n) is 6.79. The molecule has 2 saturated heterocycles. The van der Waals surface area contributed by atoms with E-state index in [1.54, 1.807) is 0 Å². The molecule has 2 aliphatic rings. The molecule has 4 nitrogen and oxygen atoms in total. The van der Waals surface area contributed by atoms with E-state index in [0.717, 1.165) is 19.0 Å². The van der Waals surface area contributed by atoms with Gasteiger partial charge in [0.05, 0.1) is 6.20 Å². The highest BCUT2D eigenvalue weighted by molar-refractivity contribution is 5.12. The maximum Gasteiger partial charge on any atom is 0.104 e. The molecule has 0 radical (unpaired) electrons. The summed E-state index contributed by atoms with van der Waals surface area (Å²) in [5, 5.41) is 8.00. The number of aromatic nitrogens is 2. The molecule has 1 aromatic rings. The number of likely N-dealkylation sites (tertiary alicyclic amines) is 1. The second-order valence-corrected chi connectivity index (χ2v) is 5.38. The van der Waals surface area contributed by atoms with Gasteiger partial charge in [-0.3, -0.25) is 9.58 Å². The zero-order valence-corrected chi connectivity index (χ0v) is 10.6. The summed E-state index contributed by atoms with van der Waals surface area (Å²) >= 11 is 0. The van der Waals surface area contributed by atoms with Crippen LogP contribution in [-0.4, -0.2) is 41.4 Å². The first-order valence-corrected chi connectivity index (χ1v) is 6.79. The minimum absolute atomic E-state index is 0.491. The first kappa shape index (κ1) is 11.2. The van der Waals surface area contributed by atoms with Crippen LogP contribution in [0, 0.1) is 0 Å². The third kappa shape index (κ3) is 2.24. The molecule has 3 rings (SSSR count). The lowest BCUT2D eigenvalue weighted by molar-refractivity contribution is 0.220. The van der Waals surface area contributed by atoms with Crippen LogP contribution in [-0.2, 0) is 0 Å². The van der Waals surface area contributed by atoms with E-state index in [-0.39, 0.29) is 0 Å². The lowest BCUT2D eigenvalue weighted by Gasteiger charge is -2.22. The highest BCUT2D eigenvalue weighted by atomic mass is 15.4. The normalized spacial score (nSPS) is 27.7. The van der Waals surface area contributed by atoms with Crippen LogP contribution in [0.2, 0.25) is 0 Å². The monoisotopic (exact) mass is 234 g/mol. The Morgan fingerprint density at radius 2 is 2.12 bits per heavy atom. The summed E-state index contributed by atoms with van der Waals surface area (Å²) in [6.07, 6.45) is 9.90. The summed E-state index contributed by atoms with van der Waals surface area (Å²) in [4.78, 5) is 2.40. The highest BCUT2D eigenvalue weighted by Gasteiger charge is 2.24. The minimum atomic E-state index is 0.491. The number of nitrogens with zero attached hydrogens (tertiary/aromatic N) is 3. The summed E-state index contributed by atoms with van der Waals surface area (Å²) in [7, 11) is 2.20. The van der Waals surface area contributed by atoms with Gasteiger partial charge >= 0.3 is 0 Å². The Kier molecular flexibility index (Phi) is 3.16. The molecule has 0 aliphatic carbocycles. The van der Waals surface area contributed by atoms with Gasteiger partial charge in [-0.15, -0.1) is 0 Å². The predicted octanol–water partition coefficient (Wildman–Crippen LogP) is 1.57. The number of hydrogen-bond acceptors (Lipinski definition) is 3. The summed E-state index contributed by atoms with van der Waals surface area (Å²) in [5.74, 6) is 0.719. The molecule has 0 spiro atoms. The van der Waals surface area contributed by atoms with Crippen LogP contribution in [0.3, 0.4) is 0 Å². The van der Waals surface area contributed by atoms with Crippen LogP contribution in [0.25, 0.3) is 0 Å². The Balaban J connectivity index is 1.73. The fraction of sp³-hybridized carbons (Fsp3) is 0.769. The van der Waals surface area contributed by atoms with Gasteiger partial charge < -0.3 is 5.32 Å². The second-order valence-electron chi connectivity index (χ2n) is 5.38. The lowest BCUT2D eigenvalue weighted by atomic mass is 9.93. The largest absolute Gasteiger partial charge is 0.317 e. The Labute approximate surface area is 103 Å². The van der Waals surface area contributed by atoms with Gasteiger partial charge in [0.2, 0.25) is 0 Å². The summed E-state index contributed by atoms with van der Waals surface area (Å²) in [6, 6.07) is 0. The van der Waals surface area contributed by atoms with Crippen LogP contribution >= 0.6 is 0 Å². The number of nitrogens with one attached hydrogen (secondary N) is 1. The molecule has 1 atom stereocenters. The Hall–Kier alpha value is -0.870. The molecular weight excluding hydrogens is 212 g/mol. The molecule has 0 saturated carbocycles. The average Bonchev–Trinajstić information content (AvgIpc) is 2.98. The molecule has 3 heterocycles. The van der Waals surface area contributed by atoms with Gasteiger partial charge in [0.15, 0.2) is 0 Å². The van der Waals surface area contributed by atoms with Crippen molar-refractivity contribution in [1.29, 1.82) is 0 Å². The van der Waals surface area contributed by atoms with Gasteiger partial charge in [-0.1, -0.05) is 0 Å². The van der Waals surface area contributed by atoms with Crippen LogP contribution in [0.1, 0.15) is 43.3 Å². The second kappa shape index (κ2) is 4.78. The van der Waals surface area contributed by atoms with Crippen LogP contribution in [0.4, 0.5) is 0 Å². The molecule has 2 aliphatic heterocycles. The van der Waals surface area contributed by atoms with Gasteiger partial charge in [0, 0.05) is 6.20 Å². The van der Waals surface area contributed by atoms with E-state index in [0.29, 0.717) is 6.17 Å². The fourth-order valence-electron chi connectivity index (χ4n) is 3.11. The first-order chi connectivity index (χ1) is 8.34. The molecule has 0 amide bonds. The van der Waals surface area contributed by atoms with Crippen LogP contribution in [0.15, 0.2) is 12.4 Å². The standard InChI is InChI=1S/C13H22N4/c1-16-8-2-3-13(16)17-10-12(9-15-17)11-4-6-14-7-5-11/h9-11,13-14H,2-8H2,1H3. The van der Waals surface area contributed by atoms with E-state index >= 15 is 0 Å². The molecule has 0 aromatic carbocycles. The molecule has 94 valence electrons. The Morgan fingerprint density at radius 3 is 2.82 bits per heavy atom. The molecule has 2 fully saturated rings. The van der Waals surface area contributed by atoms with Crippen molar-refractivity contribution in [2.75, 3.05) is 26.7 Å².